The Bertz CT molecular complexity index is 869. The van der Waals surface area contributed by atoms with E-state index in [-0.39, 0.29) is 15.5 Å². The van der Waals surface area contributed by atoms with E-state index < -0.39 is 21.8 Å². The molecule has 0 saturated carbocycles. The number of rotatable bonds is 4. The molecule has 1 aliphatic rings. The van der Waals surface area contributed by atoms with Gasteiger partial charge in [-0.05, 0) is 40.2 Å². The zero-order chi connectivity index (χ0) is 18.0. The van der Waals surface area contributed by atoms with Crippen LogP contribution in [-0.2, 0) is 9.84 Å². The highest BCUT2D eigenvalue weighted by Gasteiger charge is 2.30. The van der Waals surface area contributed by atoms with Crippen LogP contribution in [0.5, 0.6) is 0 Å². The van der Waals surface area contributed by atoms with Gasteiger partial charge in [-0.1, -0.05) is 18.2 Å². The van der Waals surface area contributed by atoms with Gasteiger partial charge < -0.3 is 10.2 Å². The highest BCUT2D eigenvalue weighted by Crippen LogP contribution is 2.39. The minimum absolute atomic E-state index is 0.0191. The average Bonchev–Trinajstić information content (AvgIpc) is 2.62. The molecule has 0 spiro atoms. The van der Waals surface area contributed by atoms with E-state index in [4.69, 9.17) is 0 Å². The summed E-state index contributed by atoms with van der Waals surface area (Å²) in [4.78, 5) is 1.44. The van der Waals surface area contributed by atoms with Crippen molar-refractivity contribution in [2.75, 3.05) is 31.1 Å². The summed E-state index contributed by atoms with van der Waals surface area (Å²) in [6, 6.07) is 10.6. The molecule has 2 aromatic carbocycles. The predicted molar refractivity (Wildman–Crippen MR) is 96.1 cm³/mol. The van der Waals surface area contributed by atoms with Crippen LogP contribution in [-0.4, -0.2) is 34.6 Å². The first-order chi connectivity index (χ1) is 11.9. The van der Waals surface area contributed by atoms with Gasteiger partial charge in [0, 0.05) is 36.3 Å². The first-order valence-electron chi connectivity index (χ1n) is 7.79. The van der Waals surface area contributed by atoms with Crippen molar-refractivity contribution in [1.29, 1.82) is 0 Å². The maximum atomic E-state index is 13.9. The van der Waals surface area contributed by atoms with Gasteiger partial charge in [-0.15, -0.1) is 0 Å². The van der Waals surface area contributed by atoms with E-state index in [1.807, 2.05) is 0 Å². The molecule has 1 heterocycles. The zero-order valence-electron chi connectivity index (χ0n) is 13.3. The lowest BCUT2D eigenvalue weighted by molar-refractivity contribution is 0.148. The third kappa shape index (κ3) is 3.56. The van der Waals surface area contributed by atoms with E-state index in [2.05, 4.69) is 21.2 Å². The fourth-order valence-corrected chi connectivity index (χ4v) is 5.43. The Kier molecular flexibility index (Phi) is 5.41. The first kappa shape index (κ1) is 18.3. The van der Waals surface area contributed by atoms with E-state index in [0.29, 0.717) is 30.7 Å². The third-order valence-electron chi connectivity index (χ3n) is 4.13. The molecule has 1 fully saturated rings. The molecule has 1 saturated heterocycles. The van der Waals surface area contributed by atoms with Crippen molar-refractivity contribution in [3.05, 3.63) is 52.5 Å². The number of nitrogens with zero attached hydrogens (tertiary/aromatic N) is 1. The van der Waals surface area contributed by atoms with Gasteiger partial charge in [0.1, 0.15) is 0 Å². The smallest absolute Gasteiger partial charge is 0.267 e. The molecule has 4 nitrogen and oxygen atoms in total. The van der Waals surface area contributed by atoms with Crippen molar-refractivity contribution in [2.24, 2.45) is 0 Å². The summed E-state index contributed by atoms with van der Waals surface area (Å²) in [6.07, 6.45) is -2.89. The van der Waals surface area contributed by atoms with Gasteiger partial charge in [0.2, 0.25) is 9.84 Å². The van der Waals surface area contributed by atoms with Crippen LogP contribution < -0.4 is 10.2 Å². The lowest BCUT2D eigenvalue weighted by atomic mass is 10.1. The summed E-state index contributed by atoms with van der Waals surface area (Å²) in [6.45, 7) is 2.45. The Morgan fingerprint density at radius 3 is 2.28 bits per heavy atom. The van der Waals surface area contributed by atoms with Crippen LogP contribution in [0.15, 0.2) is 56.7 Å². The highest BCUT2D eigenvalue weighted by molar-refractivity contribution is 9.10. The number of sulfone groups is 1. The number of hydrogen-bond donors (Lipinski definition) is 1. The van der Waals surface area contributed by atoms with Crippen molar-refractivity contribution in [3.8, 4) is 0 Å². The second-order valence-corrected chi connectivity index (χ2v) is 8.40. The molecule has 0 aromatic heterocycles. The molecule has 0 unspecified atom stereocenters. The normalized spacial score (nSPS) is 15.6. The van der Waals surface area contributed by atoms with Gasteiger partial charge in [-0.2, -0.15) is 0 Å². The SMILES string of the molecule is O=S(=O)(c1ccccc1Br)c1cccc(N2CCNCC2)c1C(F)F. The van der Waals surface area contributed by atoms with Gasteiger partial charge in [-0.25, -0.2) is 17.2 Å². The van der Waals surface area contributed by atoms with Crippen molar-refractivity contribution in [1.82, 2.24) is 5.32 Å². The second-order valence-electron chi connectivity index (χ2n) is 5.66. The Hall–Kier alpha value is -1.51. The maximum absolute atomic E-state index is 13.9. The molecule has 8 heteroatoms. The summed E-state index contributed by atoms with van der Waals surface area (Å²) >= 11 is 3.20. The Morgan fingerprint density at radius 2 is 1.64 bits per heavy atom. The molecule has 0 aliphatic carbocycles. The van der Waals surface area contributed by atoms with Gasteiger partial charge in [0.05, 0.1) is 15.4 Å². The number of benzene rings is 2. The number of hydrogen-bond acceptors (Lipinski definition) is 4. The van der Waals surface area contributed by atoms with Crippen LogP contribution in [0.2, 0.25) is 0 Å². The number of anilines is 1. The van der Waals surface area contributed by atoms with E-state index in [1.54, 1.807) is 29.2 Å². The van der Waals surface area contributed by atoms with Crippen LogP contribution in [0, 0.1) is 0 Å². The topological polar surface area (TPSA) is 49.4 Å². The van der Waals surface area contributed by atoms with Crippen molar-refractivity contribution < 1.29 is 17.2 Å². The number of nitrogens with one attached hydrogen (secondary N) is 1. The number of halogens is 3. The summed E-state index contributed by atoms with van der Waals surface area (Å²) in [7, 11) is -4.08. The zero-order valence-corrected chi connectivity index (χ0v) is 15.7. The van der Waals surface area contributed by atoms with E-state index in [9.17, 15) is 17.2 Å². The number of piperazine rings is 1. The molecule has 0 radical (unpaired) electrons. The van der Waals surface area contributed by atoms with E-state index in [0.717, 1.165) is 0 Å². The molecular weight excluding hydrogens is 414 g/mol. The van der Waals surface area contributed by atoms with Gasteiger partial charge in [0.15, 0.2) is 0 Å². The lowest BCUT2D eigenvalue weighted by Gasteiger charge is -2.31. The van der Waals surface area contributed by atoms with Gasteiger partial charge >= 0.3 is 0 Å². The molecular formula is C17H17BrF2N2O2S. The largest absolute Gasteiger partial charge is 0.369 e. The fourth-order valence-electron chi connectivity index (χ4n) is 2.95. The molecule has 0 amide bonds. The van der Waals surface area contributed by atoms with Crippen molar-refractivity contribution >= 4 is 31.5 Å². The lowest BCUT2D eigenvalue weighted by Crippen LogP contribution is -2.44. The predicted octanol–water partition coefficient (Wildman–Crippen LogP) is 3.63. The van der Waals surface area contributed by atoms with Gasteiger partial charge in [0.25, 0.3) is 6.43 Å². The average molecular weight is 431 g/mol. The maximum Gasteiger partial charge on any atom is 0.267 e. The Balaban J connectivity index is 2.18. The van der Waals surface area contributed by atoms with Crippen LogP contribution in [0.1, 0.15) is 12.0 Å². The van der Waals surface area contributed by atoms with Crippen LogP contribution >= 0.6 is 15.9 Å². The summed E-state index contributed by atoms with van der Waals surface area (Å²) < 4.78 is 54.1. The van der Waals surface area contributed by atoms with E-state index in [1.165, 1.54) is 18.2 Å². The van der Waals surface area contributed by atoms with Crippen molar-refractivity contribution in [3.63, 3.8) is 0 Å². The third-order valence-corrected chi connectivity index (χ3v) is 6.96. The van der Waals surface area contributed by atoms with E-state index >= 15 is 0 Å². The Morgan fingerprint density at radius 1 is 1.00 bits per heavy atom. The monoisotopic (exact) mass is 430 g/mol. The number of alkyl halides is 2. The Labute approximate surface area is 153 Å². The van der Waals surface area contributed by atoms with Crippen LogP contribution in [0.25, 0.3) is 0 Å². The molecule has 25 heavy (non-hydrogen) atoms. The van der Waals surface area contributed by atoms with Gasteiger partial charge in [-0.3, -0.25) is 0 Å². The second kappa shape index (κ2) is 7.39. The molecule has 2 aromatic rings. The molecule has 3 rings (SSSR count). The van der Waals surface area contributed by atoms with Crippen molar-refractivity contribution in [2.45, 2.75) is 16.2 Å². The molecule has 0 bridgehead atoms. The summed E-state index contributed by atoms with van der Waals surface area (Å²) in [5, 5.41) is 3.16. The standard InChI is InChI=1S/C17H17BrF2N2O2S/c18-12-4-1-2-6-14(12)25(23,24)15-7-3-5-13(16(15)17(19)20)22-10-8-21-9-11-22/h1-7,17,21H,8-11H2. The molecule has 1 N–H and O–H groups in total. The quantitative estimate of drug-likeness (QED) is 0.804. The highest BCUT2D eigenvalue weighted by atomic mass is 79.9. The molecule has 0 atom stereocenters. The minimum Gasteiger partial charge on any atom is -0.369 e. The van der Waals surface area contributed by atoms with Crippen LogP contribution in [0.3, 0.4) is 0 Å². The molecule has 1 aliphatic heterocycles. The minimum atomic E-state index is -4.08. The first-order valence-corrected chi connectivity index (χ1v) is 10.1. The van der Waals surface area contributed by atoms with Crippen LogP contribution in [0.4, 0.5) is 14.5 Å². The summed E-state index contributed by atoms with van der Waals surface area (Å²) in [5.74, 6) is 0. The molecule has 134 valence electrons. The fraction of sp³-hybridized carbons (Fsp3) is 0.294. The summed E-state index contributed by atoms with van der Waals surface area (Å²) in [5.41, 5.74) is -0.148.